The minimum Gasteiger partial charge on any atom is -0.485 e. The summed E-state index contributed by atoms with van der Waals surface area (Å²) in [5, 5.41) is 0. The Labute approximate surface area is 143 Å². The third-order valence-corrected chi connectivity index (χ3v) is 3.82. The van der Waals surface area contributed by atoms with E-state index in [-0.39, 0.29) is 23.6 Å². The van der Waals surface area contributed by atoms with Crippen molar-refractivity contribution in [2.75, 3.05) is 6.61 Å². The number of carbonyl (C=O) groups excluding carboxylic acids is 2. The van der Waals surface area contributed by atoms with Crippen molar-refractivity contribution in [3.63, 3.8) is 0 Å². The molecule has 0 N–H and O–H groups in total. The molecule has 0 aliphatic rings. The molecule has 0 saturated heterocycles. The van der Waals surface area contributed by atoms with E-state index in [1.54, 1.807) is 18.2 Å². The summed E-state index contributed by atoms with van der Waals surface area (Å²) in [7, 11) is 0. The van der Waals surface area contributed by atoms with Gasteiger partial charge in [-0.15, -0.1) is 0 Å². The summed E-state index contributed by atoms with van der Waals surface area (Å²) in [4.78, 5) is 23.6. The van der Waals surface area contributed by atoms with Gasteiger partial charge in [-0.3, -0.25) is 9.59 Å². The zero-order valence-corrected chi connectivity index (χ0v) is 14.1. The summed E-state index contributed by atoms with van der Waals surface area (Å²) in [5.74, 6) is -0.202. The molecule has 0 amide bonds. The van der Waals surface area contributed by atoms with Crippen LogP contribution in [0.25, 0.3) is 0 Å². The highest BCUT2D eigenvalue weighted by molar-refractivity contribution is 5.98. The van der Waals surface area contributed by atoms with Crippen molar-refractivity contribution in [3.05, 3.63) is 52.8 Å². The molecule has 134 valence electrons. The molecule has 25 heavy (non-hydrogen) atoms. The zero-order valence-electron chi connectivity index (χ0n) is 14.1. The Morgan fingerprint density at radius 2 is 1.84 bits per heavy atom. The SMILES string of the molecule is CC(=O)c1cccc(OCC(=O)c2cc(C)n(CC(F)(F)F)c2C)c1. The molecule has 0 radical (unpaired) electrons. The quantitative estimate of drug-likeness (QED) is 0.734. The van der Waals surface area contributed by atoms with Crippen LogP contribution in [0.3, 0.4) is 0 Å². The van der Waals surface area contributed by atoms with Crippen LogP contribution in [0.15, 0.2) is 30.3 Å². The number of ether oxygens (including phenoxy) is 1. The number of aromatic nitrogens is 1. The molecule has 0 bridgehead atoms. The molecule has 0 unspecified atom stereocenters. The van der Waals surface area contributed by atoms with Crippen molar-refractivity contribution in [1.82, 2.24) is 4.57 Å². The van der Waals surface area contributed by atoms with Gasteiger partial charge in [-0.2, -0.15) is 13.2 Å². The lowest BCUT2D eigenvalue weighted by molar-refractivity contribution is -0.141. The minimum atomic E-state index is -4.36. The summed E-state index contributed by atoms with van der Waals surface area (Å²) in [6.07, 6.45) is -4.36. The number of nitrogens with zero attached hydrogens (tertiary/aromatic N) is 1. The number of benzene rings is 1. The number of Topliss-reactive ketones (excluding diaryl/α,β-unsaturated/α-hetero) is 2. The molecule has 1 heterocycles. The number of alkyl halides is 3. The highest BCUT2D eigenvalue weighted by Gasteiger charge is 2.30. The van der Waals surface area contributed by atoms with Gasteiger partial charge in [0.1, 0.15) is 12.3 Å². The summed E-state index contributed by atoms with van der Waals surface area (Å²) < 4.78 is 44.3. The van der Waals surface area contributed by atoms with E-state index in [2.05, 4.69) is 0 Å². The lowest BCUT2D eigenvalue weighted by atomic mass is 10.1. The predicted molar refractivity (Wildman–Crippen MR) is 86.2 cm³/mol. The van der Waals surface area contributed by atoms with E-state index in [4.69, 9.17) is 4.74 Å². The van der Waals surface area contributed by atoms with Gasteiger partial charge in [0, 0.05) is 22.5 Å². The molecule has 7 heteroatoms. The van der Waals surface area contributed by atoms with E-state index < -0.39 is 18.5 Å². The Morgan fingerprint density at radius 3 is 2.44 bits per heavy atom. The second kappa shape index (κ2) is 7.13. The Kier molecular flexibility index (Phi) is 5.35. The lowest BCUT2D eigenvalue weighted by Gasteiger charge is -2.12. The van der Waals surface area contributed by atoms with Crippen molar-refractivity contribution in [2.45, 2.75) is 33.5 Å². The van der Waals surface area contributed by atoms with E-state index in [9.17, 15) is 22.8 Å². The molecule has 0 aliphatic heterocycles. The van der Waals surface area contributed by atoms with Crippen LogP contribution in [0.1, 0.15) is 39.0 Å². The summed E-state index contributed by atoms with van der Waals surface area (Å²) in [6.45, 7) is 2.95. The number of halogens is 3. The third kappa shape index (κ3) is 4.71. The van der Waals surface area contributed by atoms with Crippen LogP contribution in [-0.4, -0.2) is 28.9 Å². The van der Waals surface area contributed by atoms with Crippen LogP contribution in [0.5, 0.6) is 5.75 Å². The molecule has 0 fully saturated rings. The maximum atomic E-state index is 12.6. The number of ketones is 2. The molecule has 1 aromatic carbocycles. The highest BCUT2D eigenvalue weighted by atomic mass is 19.4. The van der Waals surface area contributed by atoms with Crippen LogP contribution < -0.4 is 4.74 Å². The van der Waals surface area contributed by atoms with Crippen LogP contribution in [0, 0.1) is 13.8 Å². The van der Waals surface area contributed by atoms with Crippen molar-refractivity contribution in [3.8, 4) is 5.75 Å². The maximum absolute atomic E-state index is 12.6. The van der Waals surface area contributed by atoms with Crippen molar-refractivity contribution < 1.29 is 27.5 Å². The van der Waals surface area contributed by atoms with Gasteiger partial charge in [-0.1, -0.05) is 12.1 Å². The number of aryl methyl sites for hydroxylation is 1. The number of hydrogen-bond donors (Lipinski definition) is 0. The second-order valence-corrected chi connectivity index (χ2v) is 5.78. The van der Waals surface area contributed by atoms with E-state index in [1.807, 2.05) is 0 Å². The summed E-state index contributed by atoms with van der Waals surface area (Å²) in [6, 6.07) is 7.81. The average Bonchev–Trinajstić information content (AvgIpc) is 2.79. The smallest absolute Gasteiger partial charge is 0.406 e. The van der Waals surface area contributed by atoms with Crippen LogP contribution in [0.2, 0.25) is 0 Å². The van der Waals surface area contributed by atoms with Gasteiger partial charge in [-0.05, 0) is 39.0 Å². The van der Waals surface area contributed by atoms with Gasteiger partial charge in [-0.25, -0.2) is 0 Å². The van der Waals surface area contributed by atoms with Gasteiger partial charge in [0.25, 0.3) is 0 Å². The maximum Gasteiger partial charge on any atom is 0.406 e. The first-order valence-corrected chi connectivity index (χ1v) is 7.59. The molecule has 0 saturated carbocycles. The first-order valence-electron chi connectivity index (χ1n) is 7.59. The lowest BCUT2D eigenvalue weighted by Crippen LogP contribution is -2.20. The first kappa shape index (κ1) is 18.8. The Bertz CT molecular complexity index is 806. The number of hydrogen-bond acceptors (Lipinski definition) is 3. The normalized spacial score (nSPS) is 11.4. The van der Waals surface area contributed by atoms with Gasteiger partial charge in [0.2, 0.25) is 5.78 Å². The van der Waals surface area contributed by atoms with Gasteiger partial charge < -0.3 is 9.30 Å². The predicted octanol–water partition coefficient (Wildman–Crippen LogP) is 4.13. The largest absolute Gasteiger partial charge is 0.485 e. The fourth-order valence-electron chi connectivity index (χ4n) is 2.54. The molecule has 0 spiro atoms. The molecular formula is C18H18F3NO3. The average molecular weight is 353 g/mol. The Hall–Kier alpha value is -2.57. The van der Waals surface area contributed by atoms with Crippen LogP contribution in [-0.2, 0) is 6.54 Å². The Balaban J connectivity index is 2.13. The fraction of sp³-hybridized carbons (Fsp3) is 0.333. The van der Waals surface area contributed by atoms with Gasteiger partial charge in [0.05, 0.1) is 0 Å². The van der Waals surface area contributed by atoms with Gasteiger partial charge in [0.15, 0.2) is 12.4 Å². The molecule has 4 nitrogen and oxygen atoms in total. The summed E-state index contributed by atoms with van der Waals surface area (Å²) in [5.41, 5.74) is 1.26. The second-order valence-electron chi connectivity index (χ2n) is 5.78. The molecular weight excluding hydrogens is 335 g/mol. The minimum absolute atomic E-state index is 0.132. The molecule has 2 aromatic rings. The van der Waals surface area contributed by atoms with E-state index >= 15 is 0 Å². The van der Waals surface area contributed by atoms with Crippen molar-refractivity contribution in [2.24, 2.45) is 0 Å². The highest BCUT2D eigenvalue weighted by Crippen LogP contribution is 2.23. The van der Waals surface area contributed by atoms with Crippen molar-refractivity contribution in [1.29, 1.82) is 0 Å². The standard InChI is InChI=1S/C18H18F3NO3/c1-11-7-16(12(2)22(11)10-18(19,20)21)17(24)9-25-15-6-4-5-14(8-15)13(3)23/h4-8H,9-10H2,1-3H3. The zero-order chi connectivity index (χ0) is 18.8. The fourth-order valence-corrected chi connectivity index (χ4v) is 2.54. The van der Waals surface area contributed by atoms with E-state index in [0.29, 0.717) is 17.0 Å². The number of rotatable bonds is 6. The third-order valence-electron chi connectivity index (χ3n) is 3.82. The summed E-state index contributed by atoms with van der Waals surface area (Å²) >= 11 is 0. The first-order chi connectivity index (χ1) is 11.6. The van der Waals surface area contributed by atoms with Crippen LogP contribution in [0.4, 0.5) is 13.2 Å². The molecule has 0 aliphatic carbocycles. The Morgan fingerprint density at radius 1 is 1.16 bits per heavy atom. The molecule has 0 atom stereocenters. The van der Waals surface area contributed by atoms with Gasteiger partial charge >= 0.3 is 6.18 Å². The molecule has 1 aromatic heterocycles. The monoisotopic (exact) mass is 353 g/mol. The molecule has 2 rings (SSSR count). The van der Waals surface area contributed by atoms with E-state index in [0.717, 1.165) is 4.57 Å². The number of carbonyl (C=O) groups is 2. The topological polar surface area (TPSA) is 48.3 Å². The van der Waals surface area contributed by atoms with Crippen molar-refractivity contribution >= 4 is 11.6 Å². The van der Waals surface area contributed by atoms with Crippen LogP contribution >= 0.6 is 0 Å². The van der Waals surface area contributed by atoms with E-state index in [1.165, 1.54) is 32.9 Å².